The van der Waals surface area contributed by atoms with Crippen LogP contribution < -0.4 is 20.1 Å². The molecule has 0 N–H and O–H groups in total. The van der Waals surface area contributed by atoms with Crippen molar-refractivity contribution < 1.29 is 9.47 Å². The Hall–Kier alpha value is -1.00. The maximum Gasteiger partial charge on any atom is 0.118 e. The van der Waals surface area contributed by atoms with Gasteiger partial charge in [-0.2, -0.15) is 0 Å². The van der Waals surface area contributed by atoms with Crippen LogP contribution in [0.15, 0.2) is 48.5 Å². The third-order valence-corrected chi connectivity index (χ3v) is 8.83. The van der Waals surface area contributed by atoms with Gasteiger partial charge < -0.3 is 14.4 Å². The normalized spacial score (nSPS) is 10.9. The number of hydrogen-bond acceptors (Lipinski definition) is 4. The molecule has 2 rings (SSSR count). The van der Waals surface area contributed by atoms with Gasteiger partial charge in [0.15, 0.2) is 0 Å². The smallest absolute Gasteiger partial charge is 0.118 e. The van der Waals surface area contributed by atoms with Crippen LogP contribution in [-0.4, -0.2) is 38.8 Å². The van der Waals surface area contributed by atoms with Crippen molar-refractivity contribution in [2.24, 2.45) is 0 Å². The molecule has 0 spiro atoms. The Morgan fingerprint density at radius 2 is 1.08 bits per heavy atom. The largest absolute Gasteiger partial charge is 0.497 e. The molecule has 0 amide bonds. The van der Waals surface area contributed by atoms with Gasteiger partial charge in [0.1, 0.15) is 11.5 Å². The van der Waals surface area contributed by atoms with Gasteiger partial charge in [0.2, 0.25) is 0 Å². The lowest BCUT2D eigenvalue weighted by molar-refractivity contribution is 0.321. The van der Waals surface area contributed by atoms with E-state index in [1.54, 1.807) is 14.2 Å². The molecule has 0 saturated heterocycles. The fourth-order valence-electron chi connectivity index (χ4n) is 2.39. The van der Waals surface area contributed by atoms with E-state index in [0.717, 1.165) is 22.1 Å². The van der Waals surface area contributed by atoms with Gasteiger partial charge in [-0.25, -0.2) is 0 Å². The van der Waals surface area contributed by atoms with Crippen LogP contribution in [0.4, 0.5) is 0 Å². The molecule has 0 unspecified atom stereocenters. The Bertz CT molecular complexity index is 629. The van der Waals surface area contributed by atoms with E-state index in [1.165, 1.54) is 19.6 Å². The monoisotopic (exact) mass is 411 g/mol. The molecule has 0 heterocycles. The van der Waals surface area contributed by atoms with Crippen LogP contribution >= 0.6 is 17.5 Å². The van der Waals surface area contributed by atoms with E-state index in [4.69, 9.17) is 33.5 Å². The van der Waals surface area contributed by atoms with Crippen LogP contribution in [0.2, 0.25) is 0 Å². The predicted molar refractivity (Wildman–Crippen MR) is 122 cm³/mol. The third-order valence-electron chi connectivity index (χ3n) is 4.19. The van der Waals surface area contributed by atoms with Crippen LogP contribution in [0.5, 0.6) is 11.5 Å². The zero-order chi connectivity index (χ0) is 19.6. The van der Waals surface area contributed by atoms with E-state index >= 15 is 0 Å². The summed E-state index contributed by atoms with van der Waals surface area (Å²) in [5.41, 5.74) is 0. The highest BCUT2D eigenvalue weighted by atomic mass is 32.9. The first-order valence-corrected chi connectivity index (χ1v) is 12.7. The lowest BCUT2D eigenvalue weighted by atomic mass is 10.3. The summed E-state index contributed by atoms with van der Waals surface area (Å²) in [5.74, 6) is 1.64. The molecule has 0 radical (unpaired) electrons. The first-order chi connectivity index (χ1) is 12.4. The van der Waals surface area contributed by atoms with Crippen molar-refractivity contribution >= 4 is 39.9 Å². The summed E-state index contributed by atoms with van der Waals surface area (Å²) < 4.78 is 10.3. The quantitative estimate of drug-likeness (QED) is 0.541. The second-order valence-corrected chi connectivity index (χ2v) is 12.0. The molecule has 0 aliphatic heterocycles. The molecule has 2 aromatic carbocycles. The Balaban J connectivity index is 0.000000412. The number of methoxy groups -OCH3 is 2. The number of nitrogens with zero attached hydrogens (tertiary/aromatic N) is 1. The van der Waals surface area contributed by atoms with Gasteiger partial charge in [0.25, 0.3) is 0 Å². The fraction of sp³-hybridized carbons (Fsp3) is 0.400. The molecule has 26 heavy (non-hydrogen) atoms. The van der Waals surface area contributed by atoms with E-state index in [-0.39, 0.29) is 0 Å². The van der Waals surface area contributed by atoms with Gasteiger partial charge in [0.05, 0.1) is 19.5 Å². The van der Waals surface area contributed by atoms with E-state index in [2.05, 4.69) is 25.7 Å². The van der Waals surface area contributed by atoms with Crippen LogP contribution in [0.1, 0.15) is 20.8 Å². The molecule has 2 aromatic rings. The van der Waals surface area contributed by atoms with E-state index in [9.17, 15) is 0 Å². The predicted octanol–water partition coefficient (Wildman–Crippen LogP) is 4.33. The summed E-state index contributed by atoms with van der Waals surface area (Å²) in [6, 6.07) is 15.6. The Kier molecular flexibility index (Phi) is 10.3. The lowest BCUT2D eigenvalue weighted by Gasteiger charge is -2.17. The number of thiol groups is 1. The minimum absolute atomic E-state index is 0.821. The summed E-state index contributed by atoms with van der Waals surface area (Å²) in [5, 5.41) is 0.0639. The second-order valence-electron chi connectivity index (χ2n) is 5.59. The topological polar surface area (TPSA) is 21.7 Å². The number of benzene rings is 2. The van der Waals surface area contributed by atoms with Gasteiger partial charge in [-0.05, 0) is 78.8 Å². The minimum Gasteiger partial charge on any atom is -0.497 e. The van der Waals surface area contributed by atoms with Crippen molar-refractivity contribution in [2.75, 3.05) is 33.9 Å². The Labute approximate surface area is 168 Å². The molecular weight excluding hydrogens is 381 g/mol. The maximum absolute atomic E-state index is 5.73. The van der Waals surface area contributed by atoms with Crippen LogP contribution in [0.25, 0.3) is 0 Å². The summed E-state index contributed by atoms with van der Waals surface area (Å²) in [7, 11) is 3.30. The van der Waals surface area contributed by atoms with Gasteiger partial charge in [-0.15, -0.1) is 12.2 Å². The third kappa shape index (κ3) is 6.62. The fourth-order valence-corrected chi connectivity index (χ4v) is 5.32. The highest BCUT2D eigenvalue weighted by Gasteiger charge is 2.17. The molecule has 0 aromatic heterocycles. The van der Waals surface area contributed by atoms with E-state index in [1.807, 2.05) is 48.5 Å². The number of hydrogen-bond donors (Lipinski definition) is 1. The van der Waals surface area contributed by atoms with E-state index < -0.39 is 5.24 Å². The van der Waals surface area contributed by atoms with Gasteiger partial charge >= 0.3 is 0 Å². The molecule has 3 nitrogen and oxygen atoms in total. The van der Waals surface area contributed by atoms with Crippen LogP contribution in [-0.2, 0) is 11.8 Å². The van der Waals surface area contributed by atoms with Crippen molar-refractivity contribution in [1.29, 1.82) is 0 Å². The van der Waals surface area contributed by atoms with Crippen LogP contribution in [0.3, 0.4) is 0 Å². The lowest BCUT2D eigenvalue weighted by Crippen LogP contribution is -2.21. The SMILES string of the molecule is CCN(CC)CC.COc1ccc(P(=S)(S)c2ccc(OC)cc2)cc1. The van der Waals surface area contributed by atoms with Gasteiger partial charge in [-0.3, -0.25) is 0 Å². The zero-order valence-electron chi connectivity index (χ0n) is 16.3. The van der Waals surface area contributed by atoms with Gasteiger partial charge in [-0.1, -0.05) is 32.6 Å². The molecule has 6 heteroatoms. The summed E-state index contributed by atoms with van der Waals surface area (Å²) in [6.07, 6.45) is 0. The first kappa shape index (κ1) is 23.0. The second kappa shape index (κ2) is 11.7. The molecule has 0 fully saturated rings. The molecule has 144 valence electrons. The summed E-state index contributed by atoms with van der Waals surface area (Å²) in [6.45, 7) is 10.1. The molecule has 0 aliphatic carbocycles. The standard InChI is InChI=1S/C14H15O2PS2.C6H15N/c1-15-11-3-7-13(8-4-11)17(18,19)14-9-5-12(16-2)6-10-14;1-4-7(5-2)6-3/h3-10H,1-2H3,(H,18,19);4-6H2,1-3H3. The molecule has 0 saturated carbocycles. The average molecular weight is 412 g/mol. The van der Waals surface area contributed by atoms with Crippen LogP contribution in [0, 0.1) is 0 Å². The van der Waals surface area contributed by atoms with Crippen molar-refractivity contribution in [3.63, 3.8) is 0 Å². The minimum atomic E-state index is -2.04. The van der Waals surface area contributed by atoms with Crippen molar-refractivity contribution in [3.05, 3.63) is 48.5 Å². The molecule has 0 bridgehead atoms. The maximum atomic E-state index is 5.73. The van der Waals surface area contributed by atoms with Crippen molar-refractivity contribution in [1.82, 2.24) is 4.90 Å². The van der Waals surface area contributed by atoms with Crippen molar-refractivity contribution in [3.8, 4) is 11.5 Å². The summed E-state index contributed by atoms with van der Waals surface area (Å²) in [4.78, 5) is 2.38. The number of rotatable bonds is 7. The van der Waals surface area contributed by atoms with E-state index in [0.29, 0.717) is 0 Å². The van der Waals surface area contributed by atoms with Gasteiger partial charge in [0, 0.05) is 0 Å². The average Bonchev–Trinajstić information content (AvgIpc) is 2.70. The first-order valence-electron chi connectivity index (χ1n) is 8.77. The highest BCUT2D eigenvalue weighted by Crippen LogP contribution is 2.48. The molecule has 0 aliphatic rings. The molecule has 0 atom stereocenters. The summed E-state index contributed by atoms with van der Waals surface area (Å²) >= 11 is 10.5. The van der Waals surface area contributed by atoms with Crippen molar-refractivity contribution in [2.45, 2.75) is 20.8 Å². The molecular formula is C20H30NO2PS2. The Morgan fingerprint density at radius 3 is 1.27 bits per heavy atom. The zero-order valence-corrected chi connectivity index (χ0v) is 18.9. The Morgan fingerprint density at radius 1 is 0.769 bits per heavy atom. The number of ether oxygens (including phenoxy) is 2. The highest BCUT2D eigenvalue weighted by molar-refractivity contribution is 8.68.